The van der Waals surface area contributed by atoms with Crippen molar-refractivity contribution < 1.29 is 9.13 Å². The predicted molar refractivity (Wildman–Crippen MR) is 81.1 cm³/mol. The minimum absolute atomic E-state index is 0.176. The molecule has 0 fully saturated rings. The molecular weight excluding hydrogens is 269 g/mol. The number of nitrogens with one attached hydrogen (secondary N) is 2. The summed E-state index contributed by atoms with van der Waals surface area (Å²) in [6.45, 7) is 1.92. The molecule has 5 heteroatoms. The Bertz CT molecular complexity index is 769. The van der Waals surface area contributed by atoms with Crippen LogP contribution in [0.2, 0.25) is 0 Å². The predicted octanol–water partition coefficient (Wildman–Crippen LogP) is 3.88. The van der Waals surface area contributed by atoms with Crippen molar-refractivity contribution in [2.24, 2.45) is 0 Å². The molecule has 3 aromatic rings. The molecule has 21 heavy (non-hydrogen) atoms. The first-order chi connectivity index (χ1) is 10.2. The number of hydrogen-bond acceptors (Lipinski definition) is 3. The number of ether oxygens (including phenoxy) is 1. The van der Waals surface area contributed by atoms with E-state index in [9.17, 15) is 4.39 Å². The van der Waals surface area contributed by atoms with Crippen LogP contribution in [0.1, 0.15) is 18.5 Å². The number of rotatable bonds is 4. The van der Waals surface area contributed by atoms with Crippen LogP contribution in [0.15, 0.2) is 42.6 Å². The van der Waals surface area contributed by atoms with Gasteiger partial charge in [-0.15, -0.1) is 0 Å². The molecule has 0 saturated carbocycles. The maximum atomic E-state index is 14.1. The van der Waals surface area contributed by atoms with Gasteiger partial charge in [0, 0.05) is 17.0 Å². The number of fused-ring (bicyclic) bond motifs is 1. The Labute approximate surface area is 121 Å². The molecule has 2 aromatic carbocycles. The second-order valence-corrected chi connectivity index (χ2v) is 4.89. The van der Waals surface area contributed by atoms with Crippen molar-refractivity contribution in [3.8, 4) is 5.75 Å². The van der Waals surface area contributed by atoms with E-state index < -0.39 is 0 Å². The van der Waals surface area contributed by atoms with E-state index in [1.54, 1.807) is 18.3 Å². The van der Waals surface area contributed by atoms with Gasteiger partial charge in [-0.2, -0.15) is 5.10 Å². The molecule has 0 aliphatic carbocycles. The smallest absolute Gasteiger partial charge is 0.132 e. The molecule has 0 spiro atoms. The number of benzene rings is 2. The maximum Gasteiger partial charge on any atom is 0.132 e. The monoisotopic (exact) mass is 285 g/mol. The Morgan fingerprint density at radius 2 is 2.14 bits per heavy atom. The third-order valence-electron chi connectivity index (χ3n) is 3.52. The summed E-state index contributed by atoms with van der Waals surface area (Å²) in [5.74, 6) is 0.227. The van der Waals surface area contributed by atoms with E-state index >= 15 is 0 Å². The van der Waals surface area contributed by atoms with Gasteiger partial charge in [0.25, 0.3) is 0 Å². The van der Waals surface area contributed by atoms with Gasteiger partial charge in [-0.1, -0.05) is 18.2 Å². The van der Waals surface area contributed by atoms with Crippen molar-refractivity contribution in [2.75, 3.05) is 12.4 Å². The summed E-state index contributed by atoms with van der Waals surface area (Å²) in [6.07, 6.45) is 1.76. The molecule has 1 heterocycles. The SMILES string of the molecule is COc1ccc(C(C)Nc2cccc3cn[nH]c23)c(F)c1. The van der Waals surface area contributed by atoms with Crippen LogP contribution >= 0.6 is 0 Å². The number of nitrogens with zero attached hydrogens (tertiary/aromatic N) is 1. The molecule has 0 amide bonds. The first-order valence-electron chi connectivity index (χ1n) is 6.71. The number of hydrogen-bond donors (Lipinski definition) is 2. The maximum absolute atomic E-state index is 14.1. The van der Waals surface area contributed by atoms with Crippen LogP contribution in [0.5, 0.6) is 5.75 Å². The van der Waals surface area contributed by atoms with Crippen LogP contribution in [0.25, 0.3) is 10.9 Å². The van der Waals surface area contributed by atoms with Crippen LogP contribution in [0.3, 0.4) is 0 Å². The lowest BCUT2D eigenvalue weighted by atomic mass is 10.1. The van der Waals surface area contributed by atoms with E-state index in [2.05, 4.69) is 15.5 Å². The van der Waals surface area contributed by atoms with Crippen LogP contribution < -0.4 is 10.1 Å². The van der Waals surface area contributed by atoms with Crippen LogP contribution in [-0.4, -0.2) is 17.3 Å². The zero-order valence-electron chi connectivity index (χ0n) is 11.9. The van der Waals surface area contributed by atoms with Crippen molar-refractivity contribution in [3.63, 3.8) is 0 Å². The van der Waals surface area contributed by atoms with Crippen LogP contribution in [0.4, 0.5) is 10.1 Å². The summed E-state index contributed by atoms with van der Waals surface area (Å²) in [5.41, 5.74) is 2.40. The molecule has 1 atom stereocenters. The zero-order chi connectivity index (χ0) is 14.8. The number of H-pyrrole nitrogens is 1. The fourth-order valence-electron chi connectivity index (χ4n) is 2.39. The van der Waals surface area contributed by atoms with Gasteiger partial charge in [-0.3, -0.25) is 5.10 Å². The third-order valence-corrected chi connectivity index (χ3v) is 3.52. The first-order valence-corrected chi connectivity index (χ1v) is 6.71. The molecule has 108 valence electrons. The fourth-order valence-corrected chi connectivity index (χ4v) is 2.39. The molecule has 0 radical (unpaired) electrons. The van der Waals surface area contributed by atoms with Crippen molar-refractivity contribution in [2.45, 2.75) is 13.0 Å². The number of aromatic amines is 1. The van der Waals surface area contributed by atoms with Crippen molar-refractivity contribution in [1.29, 1.82) is 0 Å². The Balaban J connectivity index is 1.89. The highest BCUT2D eigenvalue weighted by atomic mass is 19.1. The molecule has 4 nitrogen and oxygen atoms in total. The molecule has 1 aromatic heterocycles. The van der Waals surface area contributed by atoms with Crippen molar-refractivity contribution in [3.05, 3.63) is 54.0 Å². The van der Waals surface area contributed by atoms with Gasteiger partial charge < -0.3 is 10.1 Å². The molecule has 0 saturated heterocycles. The minimum Gasteiger partial charge on any atom is -0.497 e. The van der Waals surface area contributed by atoms with E-state index in [-0.39, 0.29) is 11.9 Å². The molecular formula is C16H16FN3O. The fraction of sp³-hybridized carbons (Fsp3) is 0.188. The largest absolute Gasteiger partial charge is 0.497 e. The van der Waals surface area contributed by atoms with Crippen LogP contribution in [0, 0.1) is 5.82 Å². The summed E-state index contributed by atoms with van der Waals surface area (Å²) < 4.78 is 19.1. The van der Waals surface area contributed by atoms with E-state index in [1.165, 1.54) is 13.2 Å². The highest BCUT2D eigenvalue weighted by molar-refractivity contribution is 5.90. The molecule has 0 aliphatic rings. The van der Waals surface area contributed by atoms with Gasteiger partial charge in [-0.25, -0.2) is 4.39 Å². The van der Waals surface area contributed by atoms with Gasteiger partial charge in [0.15, 0.2) is 0 Å². The number of para-hydroxylation sites is 1. The highest BCUT2D eigenvalue weighted by Gasteiger charge is 2.13. The highest BCUT2D eigenvalue weighted by Crippen LogP contribution is 2.27. The molecule has 0 aliphatic heterocycles. The Morgan fingerprint density at radius 1 is 1.29 bits per heavy atom. The van der Waals surface area contributed by atoms with Crippen molar-refractivity contribution >= 4 is 16.6 Å². The molecule has 2 N–H and O–H groups in total. The average Bonchev–Trinajstić information content (AvgIpc) is 2.96. The second kappa shape index (κ2) is 5.44. The topological polar surface area (TPSA) is 49.9 Å². The molecule has 0 bridgehead atoms. The van der Waals surface area contributed by atoms with E-state index in [0.717, 1.165) is 16.6 Å². The Hall–Kier alpha value is -2.56. The molecule has 1 unspecified atom stereocenters. The summed E-state index contributed by atoms with van der Waals surface area (Å²) in [5, 5.41) is 11.3. The number of halogens is 1. The van der Waals surface area contributed by atoms with Gasteiger partial charge in [-0.05, 0) is 19.1 Å². The summed E-state index contributed by atoms with van der Waals surface area (Å²) in [7, 11) is 1.52. The lowest BCUT2D eigenvalue weighted by Gasteiger charge is -2.17. The summed E-state index contributed by atoms with van der Waals surface area (Å²) in [4.78, 5) is 0. The van der Waals surface area contributed by atoms with Crippen molar-refractivity contribution in [1.82, 2.24) is 10.2 Å². The Morgan fingerprint density at radius 3 is 2.90 bits per heavy atom. The minimum atomic E-state index is -0.286. The Kier molecular flexibility index (Phi) is 3.48. The molecule has 3 rings (SSSR count). The average molecular weight is 285 g/mol. The number of methoxy groups -OCH3 is 1. The van der Waals surface area contributed by atoms with E-state index in [1.807, 2.05) is 25.1 Å². The quantitative estimate of drug-likeness (QED) is 0.764. The summed E-state index contributed by atoms with van der Waals surface area (Å²) in [6, 6.07) is 10.6. The first kappa shape index (κ1) is 13.4. The second-order valence-electron chi connectivity index (χ2n) is 4.89. The van der Waals surface area contributed by atoms with E-state index in [0.29, 0.717) is 11.3 Å². The standard InChI is InChI=1S/C16H16FN3O/c1-10(13-7-6-12(21-2)8-14(13)17)19-15-5-3-4-11-9-18-20-16(11)15/h3-10,19H,1-2H3,(H,18,20). The number of anilines is 1. The lowest BCUT2D eigenvalue weighted by Crippen LogP contribution is -2.09. The lowest BCUT2D eigenvalue weighted by molar-refractivity contribution is 0.410. The third kappa shape index (κ3) is 2.54. The van der Waals surface area contributed by atoms with Gasteiger partial charge in [0.2, 0.25) is 0 Å². The zero-order valence-corrected chi connectivity index (χ0v) is 11.9. The van der Waals surface area contributed by atoms with Crippen LogP contribution in [-0.2, 0) is 0 Å². The number of aromatic nitrogens is 2. The normalized spacial score (nSPS) is 12.3. The van der Waals surface area contributed by atoms with E-state index in [4.69, 9.17) is 4.74 Å². The van der Waals surface area contributed by atoms with Gasteiger partial charge in [0.1, 0.15) is 11.6 Å². The summed E-state index contributed by atoms with van der Waals surface area (Å²) >= 11 is 0. The van der Waals surface area contributed by atoms with Gasteiger partial charge in [0.05, 0.1) is 30.6 Å². The van der Waals surface area contributed by atoms with Gasteiger partial charge >= 0.3 is 0 Å².